The molecule has 0 bridgehead atoms. The molecule has 1 heterocycles. The van der Waals surface area contributed by atoms with E-state index >= 15 is 0 Å². The number of piperazine rings is 1. The zero-order valence-electron chi connectivity index (χ0n) is 16.2. The molecule has 148 valence electrons. The summed E-state index contributed by atoms with van der Waals surface area (Å²) in [5.74, 6) is -0.421. The fourth-order valence-electron chi connectivity index (χ4n) is 3.13. The van der Waals surface area contributed by atoms with Gasteiger partial charge in [0.05, 0.1) is 6.54 Å². The lowest BCUT2D eigenvalue weighted by Gasteiger charge is -2.36. The Labute approximate surface area is 170 Å². The van der Waals surface area contributed by atoms with E-state index < -0.39 is 0 Å². The second-order valence-electron chi connectivity index (χ2n) is 7.00. The summed E-state index contributed by atoms with van der Waals surface area (Å²) in [5.41, 5.74) is 4.06. The Morgan fingerprint density at radius 3 is 2.39 bits per heavy atom. The summed E-state index contributed by atoms with van der Waals surface area (Å²) in [7, 11) is 0. The molecule has 0 spiro atoms. The van der Waals surface area contributed by atoms with Gasteiger partial charge in [-0.2, -0.15) is 0 Å². The van der Waals surface area contributed by atoms with Gasteiger partial charge in [-0.1, -0.05) is 12.1 Å². The van der Waals surface area contributed by atoms with Gasteiger partial charge < -0.3 is 15.5 Å². The number of hydrogen-bond acceptors (Lipinski definition) is 3. The molecule has 0 atom stereocenters. The van der Waals surface area contributed by atoms with E-state index in [1.54, 1.807) is 12.1 Å². The monoisotopic (exact) mass is 400 g/mol. The third kappa shape index (κ3) is 5.27. The van der Waals surface area contributed by atoms with E-state index in [4.69, 9.17) is 12.2 Å². The zero-order valence-corrected chi connectivity index (χ0v) is 17.0. The molecule has 1 aliphatic heterocycles. The smallest absolute Gasteiger partial charge is 0.238 e. The molecule has 2 N–H and O–H groups in total. The number of carbonyl (C=O) groups excluding carboxylic acids is 1. The number of halogens is 1. The SMILES string of the molecule is Cc1cccc(NC(=S)N2CCN(CC(=O)Nc3ccc(F)cc3)CC2)c1C. The van der Waals surface area contributed by atoms with E-state index in [1.165, 1.54) is 23.3 Å². The molecular formula is C21H25FN4OS. The van der Waals surface area contributed by atoms with Gasteiger partial charge in [0, 0.05) is 37.6 Å². The Bertz CT molecular complexity index is 848. The molecule has 0 aromatic heterocycles. The molecule has 1 aliphatic rings. The average Bonchev–Trinajstić information content (AvgIpc) is 2.68. The molecule has 1 fully saturated rings. The highest BCUT2D eigenvalue weighted by Gasteiger charge is 2.21. The maximum atomic E-state index is 12.9. The molecular weight excluding hydrogens is 375 g/mol. The van der Waals surface area contributed by atoms with Crippen LogP contribution < -0.4 is 10.6 Å². The van der Waals surface area contributed by atoms with Crippen molar-refractivity contribution in [3.05, 3.63) is 59.4 Å². The first-order valence-corrected chi connectivity index (χ1v) is 9.73. The molecule has 7 heteroatoms. The minimum atomic E-state index is -0.320. The van der Waals surface area contributed by atoms with Crippen molar-refractivity contribution in [3.8, 4) is 0 Å². The van der Waals surface area contributed by atoms with Gasteiger partial charge in [-0.25, -0.2) is 4.39 Å². The number of benzene rings is 2. The topological polar surface area (TPSA) is 47.6 Å². The third-order valence-electron chi connectivity index (χ3n) is 5.00. The molecule has 0 aliphatic carbocycles. The first-order chi connectivity index (χ1) is 13.4. The third-order valence-corrected chi connectivity index (χ3v) is 5.36. The van der Waals surface area contributed by atoms with Crippen molar-refractivity contribution < 1.29 is 9.18 Å². The summed E-state index contributed by atoms with van der Waals surface area (Å²) in [6.45, 7) is 7.51. The molecule has 0 unspecified atom stereocenters. The van der Waals surface area contributed by atoms with E-state index in [0.717, 1.165) is 31.9 Å². The van der Waals surface area contributed by atoms with Crippen LogP contribution >= 0.6 is 12.2 Å². The maximum Gasteiger partial charge on any atom is 0.238 e. The molecule has 5 nitrogen and oxygen atoms in total. The quantitative estimate of drug-likeness (QED) is 0.771. The Balaban J connectivity index is 1.46. The van der Waals surface area contributed by atoms with Gasteiger partial charge in [0.25, 0.3) is 0 Å². The first kappa shape index (κ1) is 20.2. The van der Waals surface area contributed by atoms with Gasteiger partial charge in [0.15, 0.2) is 5.11 Å². The van der Waals surface area contributed by atoms with Crippen molar-refractivity contribution in [1.82, 2.24) is 9.80 Å². The van der Waals surface area contributed by atoms with Crippen LogP contribution in [0.15, 0.2) is 42.5 Å². The van der Waals surface area contributed by atoms with Crippen LogP contribution in [0.5, 0.6) is 0 Å². The van der Waals surface area contributed by atoms with Gasteiger partial charge >= 0.3 is 0 Å². The van der Waals surface area contributed by atoms with Crippen molar-refractivity contribution in [2.75, 3.05) is 43.4 Å². The van der Waals surface area contributed by atoms with Crippen molar-refractivity contribution in [2.45, 2.75) is 13.8 Å². The van der Waals surface area contributed by atoms with E-state index in [-0.39, 0.29) is 11.7 Å². The van der Waals surface area contributed by atoms with Crippen LogP contribution in [0, 0.1) is 19.7 Å². The molecule has 28 heavy (non-hydrogen) atoms. The van der Waals surface area contributed by atoms with E-state index in [1.807, 2.05) is 12.1 Å². The minimum absolute atomic E-state index is 0.101. The zero-order chi connectivity index (χ0) is 20.1. The van der Waals surface area contributed by atoms with Crippen LogP contribution in [0.1, 0.15) is 11.1 Å². The van der Waals surface area contributed by atoms with E-state index in [9.17, 15) is 9.18 Å². The number of anilines is 2. The number of thiocarbonyl (C=S) groups is 1. The fourth-order valence-corrected chi connectivity index (χ4v) is 3.42. The maximum absolute atomic E-state index is 12.9. The van der Waals surface area contributed by atoms with Gasteiger partial charge in [-0.05, 0) is 67.5 Å². The lowest BCUT2D eigenvalue weighted by molar-refractivity contribution is -0.117. The summed E-state index contributed by atoms with van der Waals surface area (Å²) < 4.78 is 12.9. The van der Waals surface area contributed by atoms with E-state index in [2.05, 4.69) is 40.3 Å². The summed E-state index contributed by atoms with van der Waals surface area (Å²) in [6.07, 6.45) is 0. The van der Waals surface area contributed by atoms with Gasteiger partial charge in [-0.3, -0.25) is 9.69 Å². The summed E-state index contributed by atoms with van der Waals surface area (Å²) in [6, 6.07) is 11.9. The Hall–Kier alpha value is -2.51. The van der Waals surface area contributed by atoms with Crippen LogP contribution in [-0.2, 0) is 4.79 Å². The average molecular weight is 401 g/mol. The van der Waals surface area contributed by atoms with Crippen molar-refractivity contribution in [3.63, 3.8) is 0 Å². The Morgan fingerprint density at radius 2 is 1.71 bits per heavy atom. The first-order valence-electron chi connectivity index (χ1n) is 9.32. The van der Waals surface area contributed by atoms with Crippen molar-refractivity contribution in [1.29, 1.82) is 0 Å². The molecule has 0 radical (unpaired) electrons. The fraction of sp³-hybridized carbons (Fsp3) is 0.333. The Kier molecular flexibility index (Phi) is 6.59. The molecule has 2 aromatic rings. The summed E-state index contributed by atoms with van der Waals surface area (Å²) >= 11 is 5.57. The lowest BCUT2D eigenvalue weighted by atomic mass is 10.1. The normalized spacial score (nSPS) is 14.6. The predicted molar refractivity (Wildman–Crippen MR) is 115 cm³/mol. The highest BCUT2D eigenvalue weighted by atomic mass is 32.1. The molecule has 2 aromatic carbocycles. The second-order valence-corrected chi connectivity index (χ2v) is 7.38. The number of rotatable bonds is 4. The Morgan fingerprint density at radius 1 is 1.04 bits per heavy atom. The molecule has 3 rings (SSSR count). The van der Waals surface area contributed by atoms with Crippen LogP contribution in [0.25, 0.3) is 0 Å². The molecule has 1 saturated heterocycles. The minimum Gasteiger partial charge on any atom is -0.346 e. The van der Waals surface area contributed by atoms with Crippen LogP contribution in [0.2, 0.25) is 0 Å². The number of hydrogen-bond donors (Lipinski definition) is 2. The number of nitrogens with one attached hydrogen (secondary N) is 2. The van der Waals surface area contributed by atoms with Crippen molar-refractivity contribution in [2.24, 2.45) is 0 Å². The highest BCUT2D eigenvalue weighted by molar-refractivity contribution is 7.80. The molecule has 1 amide bonds. The van der Waals surface area contributed by atoms with Crippen LogP contribution in [0.3, 0.4) is 0 Å². The van der Waals surface area contributed by atoms with Gasteiger partial charge in [-0.15, -0.1) is 0 Å². The number of amides is 1. The van der Waals surface area contributed by atoms with E-state index in [0.29, 0.717) is 17.3 Å². The largest absolute Gasteiger partial charge is 0.346 e. The van der Waals surface area contributed by atoms with Crippen LogP contribution in [0.4, 0.5) is 15.8 Å². The van der Waals surface area contributed by atoms with Gasteiger partial charge in [0.2, 0.25) is 5.91 Å². The predicted octanol–water partition coefficient (Wildman–Crippen LogP) is 3.40. The molecule has 0 saturated carbocycles. The summed E-state index contributed by atoms with van der Waals surface area (Å²) in [5, 5.41) is 6.85. The number of aryl methyl sites for hydroxylation is 1. The standard InChI is InChI=1S/C21H25FN4OS/c1-15-4-3-5-19(16(15)2)24-21(28)26-12-10-25(11-13-26)14-20(27)23-18-8-6-17(22)7-9-18/h3-9H,10-14H2,1-2H3,(H,23,27)(H,24,28). The van der Waals surface area contributed by atoms with Crippen molar-refractivity contribution >= 4 is 34.6 Å². The summed E-state index contributed by atoms with van der Waals surface area (Å²) in [4.78, 5) is 16.4. The van der Waals surface area contributed by atoms with Crippen LogP contribution in [-0.4, -0.2) is 53.5 Å². The number of nitrogens with zero attached hydrogens (tertiary/aromatic N) is 2. The lowest BCUT2D eigenvalue weighted by Crippen LogP contribution is -2.51. The highest BCUT2D eigenvalue weighted by Crippen LogP contribution is 2.19. The second kappa shape index (κ2) is 9.12. The van der Waals surface area contributed by atoms with Gasteiger partial charge in [0.1, 0.15) is 5.82 Å². The number of carbonyl (C=O) groups is 1.